The number of aromatic nitrogens is 2. The maximum absolute atomic E-state index is 11.3. The van der Waals surface area contributed by atoms with Crippen LogP contribution in [0.1, 0.15) is 18.5 Å². The van der Waals surface area contributed by atoms with Crippen molar-refractivity contribution in [1.29, 1.82) is 0 Å². The van der Waals surface area contributed by atoms with Gasteiger partial charge in [-0.1, -0.05) is 5.92 Å². The maximum atomic E-state index is 11.3. The number of aryl methyl sites for hydroxylation is 1. The molecule has 0 spiro atoms. The van der Waals surface area contributed by atoms with Crippen LogP contribution in [-0.2, 0) is 11.8 Å². The van der Waals surface area contributed by atoms with Crippen molar-refractivity contribution in [3.05, 3.63) is 18.2 Å². The molecule has 1 aromatic rings. The normalized spacial score (nSPS) is 15.3. The summed E-state index contributed by atoms with van der Waals surface area (Å²) in [6.45, 7) is 1.38. The Morgan fingerprint density at radius 3 is 3.07 bits per heavy atom. The average Bonchev–Trinajstić information content (AvgIpc) is 2.78. The van der Waals surface area contributed by atoms with Gasteiger partial charge in [-0.3, -0.25) is 4.79 Å². The molecule has 0 aromatic carbocycles. The second kappa shape index (κ2) is 4.18. The molecule has 1 aliphatic rings. The highest BCUT2D eigenvalue weighted by molar-refractivity contribution is 5.78. The molecule has 2 rings (SSSR count). The fourth-order valence-corrected chi connectivity index (χ4v) is 1.57. The van der Waals surface area contributed by atoms with E-state index in [1.807, 2.05) is 11.6 Å². The zero-order valence-corrected chi connectivity index (χ0v) is 8.73. The summed E-state index contributed by atoms with van der Waals surface area (Å²) in [5.74, 6) is 6.21. The molecule has 15 heavy (non-hydrogen) atoms. The summed E-state index contributed by atoms with van der Waals surface area (Å²) in [5.41, 5.74) is 0.877. The van der Waals surface area contributed by atoms with Gasteiger partial charge in [0.05, 0.1) is 19.1 Å². The predicted molar refractivity (Wildman–Crippen MR) is 55.9 cm³/mol. The average molecular weight is 203 g/mol. The first-order chi connectivity index (χ1) is 7.27. The van der Waals surface area contributed by atoms with E-state index in [4.69, 9.17) is 0 Å². The van der Waals surface area contributed by atoms with E-state index < -0.39 is 0 Å². The molecule has 0 saturated carbocycles. The highest BCUT2D eigenvalue weighted by Crippen LogP contribution is 2.07. The summed E-state index contributed by atoms with van der Waals surface area (Å²) < 4.78 is 1.86. The van der Waals surface area contributed by atoms with Crippen LogP contribution >= 0.6 is 0 Å². The fourth-order valence-electron chi connectivity index (χ4n) is 1.57. The van der Waals surface area contributed by atoms with Crippen LogP contribution < -0.4 is 0 Å². The quantitative estimate of drug-likeness (QED) is 0.619. The Bertz CT molecular complexity index is 425. The molecule has 1 fully saturated rings. The Morgan fingerprint density at radius 1 is 1.60 bits per heavy atom. The van der Waals surface area contributed by atoms with Crippen molar-refractivity contribution in [2.24, 2.45) is 7.05 Å². The molecule has 0 unspecified atom stereocenters. The lowest BCUT2D eigenvalue weighted by atomic mass is 10.4. The zero-order valence-electron chi connectivity index (χ0n) is 8.73. The van der Waals surface area contributed by atoms with Crippen molar-refractivity contribution < 1.29 is 4.79 Å². The van der Waals surface area contributed by atoms with Crippen LogP contribution in [0.15, 0.2) is 12.5 Å². The van der Waals surface area contributed by atoms with Gasteiger partial charge >= 0.3 is 0 Å². The molecule has 0 radical (unpaired) electrons. The summed E-state index contributed by atoms with van der Waals surface area (Å²) in [6.07, 6.45) is 5.07. The maximum Gasteiger partial charge on any atom is 0.223 e. The van der Waals surface area contributed by atoms with Crippen molar-refractivity contribution in [2.75, 3.05) is 13.1 Å². The standard InChI is InChI=1S/C11H13N3O/c1-13-9-12-8-10(13)4-2-6-14-7-3-5-11(14)15/h8-9H,3,5-7H2,1H3. The number of nitrogens with zero attached hydrogens (tertiary/aromatic N) is 3. The second-order valence-electron chi connectivity index (χ2n) is 3.61. The van der Waals surface area contributed by atoms with Crippen molar-refractivity contribution in [1.82, 2.24) is 14.5 Å². The molecule has 1 amide bonds. The fraction of sp³-hybridized carbons (Fsp3) is 0.455. The van der Waals surface area contributed by atoms with Gasteiger partial charge in [0.2, 0.25) is 5.91 Å². The van der Waals surface area contributed by atoms with Crippen LogP contribution in [0.25, 0.3) is 0 Å². The molecule has 78 valence electrons. The topological polar surface area (TPSA) is 38.1 Å². The first-order valence-electron chi connectivity index (χ1n) is 5.00. The Kier molecular flexibility index (Phi) is 2.72. The number of rotatable bonds is 1. The van der Waals surface area contributed by atoms with Gasteiger partial charge in [-0.25, -0.2) is 4.98 Å². The molecule has 0 bridgehead atoms. The van der Waals surface area contributed by atoms with Gasteiger partial charge in [-0.2, -0.15) is 0 Å². The summed E-state index contributed by atoms with van der Waals surface area (Å²) in [4.78, 5) is 17.0. The minimum Gasteiger partial charge on any atom is -0.332 e. The van der Waals surface area contributed by atoms with Crippen molar-refractivity contribution in [2.45, 2.75) is 12.8 Å². The number of carbonyl (C=O) groups excluding carboxylic acids is 1. The smallest absolute Gasteiger partial charge is 0.223 e. The third-order valence-corrected chi connectivity index (χ3v) is 2.47. The van der Waals surface area contributed by atoms with Crippen LogP contribution in [-0.4, -0.2) is 33.4 Å². The number of carbonyl (C=O) groups is 1. The third-order valence-electron chi connectivity index (χ3n) is 2.47. The van der Waals surface area contributed by atoms with Gasteiger partial charge in [-0.05, 0) is 12.3 Å². The molecule has 0 aliphatic carbocycles. The summed E-state index contributed by atoms with van der Waals surface area (Å²) in [5, 5.41) is 0. The number of hydrogen-bond donors (Lipinski definition) is 0. The highest BCUT2D eigenvalue weighted by Gasteiger charge is 2.18. The number of hydrogen-bond acceptors (Lipinski definition) is 2. The number of imidazole rings is 1. The second-order valence-corrected chi connectivity index (χ2v) is 3.61. The predicted octanol–water partition coefficient (Wildman–Crippen LogP) is 0.394. The molecule has 4 nitrogen and oxygen atoms in total. The SMILES string of the molecule is Cn1cncc1C#CCN1CCCC1=O. The van der Waals surface area contributed by atoms with Gasteiger partial charge in [0, 0.05) is 20.0 Å². The lowest BCUT2D eigenvalue weighted by molar-refractivity contribution is -0.127. The van der Waals surface area contributed by atoms with Gasteiger partial charge in [0.15, 0.2) is 0 Å². The molecule has 4 heteroatoms. The van der Waals surface area contributed by atoms with E-state index in [1.54, 1.807) is 17.4 Å². The lowest BCUT2D eigenvalue weighted by Gasteiger charge is -2.09. The molecule has 1 saturated heterocycles. The molecule has 0 atom stereocenters. The summed E-state index contributed by atoms with van der Waals surface area (Å²) in [7, 11) is 1.90. The Hall–Kier alpha value is -1.76. The molecule has 1 aliphatic heterocycles. The van der Waals surface area contributed by atoms with E-state index in [0.717, 1.165) is 18.7 Å². The van der Waals surface area contributed by atoms with Crippen molar-refractivity contribution >= 4 is 5.91 Å². The third kappa shape index (κ3) is 2.18. The summed E-state index contributed by atoms with van der Waals surface area (Å²) in [6, 6.07) is 0. The van der Waals surface area contributed by atoms with Crippen LogP contribution in [0.3, 0.4) is 0 Å². The van der Waals surface area contributed by atoms with E-state index in [1.165, 1.54) is 0 Å². The number of likely N-dealkylation sites (tertiary alicyclic amines) is 1. The van der Waals surface area contributed by atoms with E-state index >= 15 is 0 Å². The monoisotopic (exact) mass is 203 g/mol. The van der Waals surface area contributed by atoms with E-state index in [9.17, 15) is 4.79 Å². The van der Waals surface area contributed by atoms with Gasteiger partial charge in [0.25, 0.3) is 0 Å². The number of amides is 1. The van der Waals surface area contributed by atoms with Crippen molar-refractivity contribution in [3.8, 4) is 11.8 Å². The molecule has 0 N–H and O–H groups in total. The van der Waals surface area contributed by atoms with Gasteiger partial charge < -0.3 is 9.47 Å². The van der Waals surface area contributed by atoms with Crippen molar-refractivity contribution in [3.63, 3.8) is 0 Å². The molecular weight excluding hydrogens is 190 g/mol. The van der Waals surface area contributed by atoms with Gasteiger partial charge in [0.1, 0.15) is 5.69 Å². The van der Waals surface area contributed by atoms with Crippen LogP contribution in [0.2, 0.25) is 0 Å². The van der Waals surface area contributed by atoms with E-state index in [0.29, 0.717) is 13.0 Å². The zero-order chi connectivity index (χ0) is 10.7. The first-order valence-corrected chi connectivity index (χ1v) is 5.00. The Labute approximate surface area is 88.9 Å². The van der Waals surface area contributed by atoms with Gasteiger partial charge in [-0.15, -0.1) is 0 Å². The molecular formula is C11H13N3O. The largest absolute Gasteiger partial charge is 0.332 e. The first kappa shape index (κ1) is 9.78. The van der Waals surface area contributed by atoms with Crippen LogP contribution in [0.4, 0.5) is 0 Å². The Morgan fingerprint density at radius 2 is 2.47 bits per heavy atom. The minimum absolute atomic E-state index is 0.217. The lowest BCUT2D eigenvalue weighted by Crippen LogP contribution is -2.24. The van der Waals surface area contributed by atoms with Crippen LogP contribution in [0, 0.1) is 11.8 Å². The highest BCUT2D eigenvalue weighted by atomic mass is 16.2. The van der Waals surface area contributed by atoms with E-state index in [-0.39, 0.29) is 5.91 Å². The minimum atomic E-state index is 0.217. The van der Waals surface area contributed by atoms with Crippen LogP contribution in [0.5, 0.6) is 0 Å². The molecule has 2 heterocycles. The molecule has 1 aromatic heterocycles. The van der Waals surface area contributed by atoms with E-state index in [2.05, 4.69) is 16.8 Å². The summed E-state index contributed by atoms with van der Waals surface area (Å²) >= 11 is 0. The Balaban J connectivity index is 1.96.